The van der Waals surface area contributed by atoms with Gasteiger partial charge in [0.15, 0.2) is 10.8 Å². The van der Waals surface area contributed by atoms with Gasteiger partial charge in [0, 0.05) is 17.0 Å². The summed E-state index contributed by atoms with van der Waals surface area (Å²) in [7, 11) is 1.56. The van der Waals surface area contributed by atoms with Crippen LogP contribution in [0.1, 0.15) is 48.7 Å². The number of hydrogen-bond acceptors (Lipinski definition) is 13. The summed E-state index contributed by atoms with van der Waals surface area (Å²) in [5.74, 6) is -1.76. The summed E-state index contributed by atoms with van der Waals surface area (Å²) in [6.07, 6.45) is 0. The summed E-state index contributed by atoms with van der Waals surface area (Å²) in [6, 6.07) is 35.9. The van der Waals surface area contributed by atoms with Crippen molar-refractivity contribution in [2.45, 2.75) is 49.9 Å². The maximum Gasteiger partial charge on any atom is 0.355 e. The zero-order valence-electron chi connectivity index (χ0n) is 34.3. The van der Waals surface area contributed by atoms with Crippen LogP contribution in [0, 0.1) is 0 Å². The van der Waals surface area contributed by atoms with Gasteiger partial charge in [-0.25, -0.2) is 14.6 Å². The first-order valence-corrected chi connectivity index (χ1v) is 22.0. The van der Waals surface area contributed by atoms with E-state index in [2.05, 4.69) is 15.8 Å². The van der Waals surface area contributed by atoms with E-state index in [0.29, 0.717) is 22.2 Å². The molecule has 7 rings (SSSR count). The number of thiazole rings is 1. The number of carbonyl (C=O) groups excluding carboxylic acids is 4. The monoisotopic (exact) mass is 893 g/mol. The SMILES string of the molecule is COc1ccc(COC(=O)C2=C(CCl)CSC3C(NC(=O)/C(=N\OCC(=O)OC(C)(C)C)c4csc(NC(c5ccccc5)(c5ccccc5)c5ccccc5)n4)C(=O)N23)cc1. The molecule has 1 saturated heterocycles. The second-order valence-corrected chi connectivity index (χ2v) is 17.4. The Bertz CT molecular complexity index is 2360. The minimum absolute atomic E-state index is 0.000412. The van der Waals surface area contributed by atoms with Crippen molar-refractivity contribution in [3.8, 4) is 5.75 Å². The van der Waals surface area contributed by atoms with Crippen molar-refractivity contribution in [3.63, 3.8) is 0 Å². The number of halogens is 1. The lowest BCUT2D eigenvalue weighted by Crippen LogP contribution is -2.71. The van der Waals surface area contributed by atoms with Gasteiger partial charge >= 0.3 is 11.9 Å². The lowest BCUT2D eigenvalue weighted by atomic mass is 9.77. The Morgan fingerprint density at radius 3 is 2.03 bits per heavy atom. The summed E-state index contributed by atoms with van der Waals surface area (Å²) >= 11 is 8.85. The number of rotatable bonds is 16. The molecule has 2 amide bonds. The minimum atomic E-state index is -1.05. The van der Waals surface area contributed by atoms with E-state index >= 15 is 0 Å². The zero-order chi connectivity index (χ0) is 43.9. The highest BCUT2D eigenvalue weighted by molar-refractivity contribution is 8.00. The summed E-state index contributed by atoms with van der Waals surface area (Å²) in [5.41, 5.74) is 2.25. The van der Waals surface area contributed by atoms with Crippen LogP contribution in [0.4, 0.5) is 5.13 Å². The van der Waals surface area contributed by atoms with Gasteiger partial charge in [-0.1, -0.05) is 108 Å². The van der Waals surface area contributed by atoms with Crippen LogP contribution in [0.3, 0.4) is 0 Å². The van der Waals surface area contributed by atoms with E-state index in [1.54, 1.807) is 57.5 Å². The second-order valence-electron chi connectivity index (χ2n) is 15.2. The molecule has 0 bridgehead atoms. The number of oxime groups is 1. The number of alkyl halides is 1. The lowest BCUT2D eigenvalue weighted by Gasteiger charge is -2.49. The second kappa shape index (κ2) is 19.3. The van der Waals surface area contributed by atoms with Crippen molar-refractivity contribution in [1.82, 2.24) is 15.2 Å². The molecule has 0 aliphatic carbocycles. The average molecular weight is 894 g/mol. The zero-order valence-corrected chi connectivity index (χ0v) is 36.7. The van der Waals surface area contributed by atoms with E-state index in [1.165, 1.54) is 28.0 Å². The molecule has 2 N–H and O–H groups in total. The van der Waals surface area contributed by atoms with Crippen molar-refractivity contribution in [2.75, 3.05) is 30.7 Å². The maximum absolute atomic E-state index is 14.3. The van der Waals surface area contributed by atoms with Gasteiger partial charge in [-0.2, -0.15) is 0 Å². The number of ether oxygens (including phenoxy) is 3. The Morgan fingerprint density at radius 2 is 1.48 bits per heavy atom. The van der Waals surface area contributed by atoms with Crippen LogP contribution in [0.25, 0.3) is 0 Å². The largest absolute Gasteiger partial charge is 0.497 e. The third-order valence-corrected chi connectivity index (χ3v) is 12.3. The summed E-state index contributed by atoms with van der Waals surface area (Å²) < 4.78 is 16.2. The molecule has 2 aliphatic heterocycles. The van der Waals surface area contributed by atoms with E-state index in [1.807, 2.05) is 91.0 Å². The van der Waals surface area contributed by atoms with Crippen molar-refractivity contribution in [3.05, 3.63) is 160 Å². The molecule has 0 spiro atoms. The molecule has 5 aromatic rings. The predicted octanol–water partition coefficient (Wildman–Crippen LogP) is 7.25. The fraction of sp³-hybridized carbons (Fsp3) is 0.261. The molecule has 13 nitrogen and oxygen atoms in total. The Kier molecular flexibility index (Phi) is 13.6. The molecular weight excluding hydrogens is 850 g/mol. The number of hydrogen-bond donors (Lipinski definition) is 2. The fourth-order valence-electron chi connectivity index (χ4n) is 7.03. The molecule has 2 atom stereocenters. The molecule has 0 saturated carbocycles. The van der Waals surface area contributed by atoms with Gasteiger partial charge in [0.2, 0.25) is 6.61 Å². The molecule has 1 aromatic heterocycles. The molecule has 4 aromatic carbocycles. The number of esters is 2. The van der Waals surface area contributed by atoms with E-state index < -0.39 is 52.9 Å². The number of anilines is 1. The van der Waals surface area contributed by atoms with Crippen molar-refractivity contribution in [1.29, 1.82) is 0 Å². The van der Waals surface area contributed by atoms with Crippen LogP contribution in [-0.2, 0) is 45.6 Å². The Balaban J connectivity index is 1.15. The molecule has 1 fully saturated rings. The maximum atomic E-state index is 14.3. The first-order valence-electron chi connectivity index (χ1n) is 19.6. The molecule has 320 valence electrons. The standard InChI is InChI=1S/C46H44ClN5O8S2/c1-45(2,3)60-36(53)26-59-51-37(35-28-62-44(48-35)50-46(31-14-8-5-9-15-31,32-16-10-6-11-17-32)33-18-12-7-13-19-33)40(54)49-38-41(55)52-39(30(24-47)27-61-42(38)52)43(56)58-25-29-20-22-34(57-4)23-21-29/h5-23,28,38,42H,24-27H2,1-4H3,(H,48,50)(H,49,54)/b51-37-. The predicted molar refractivity (Wildman–Crippen MR) is 239 cm³/mol. The Morgan fingerprint density at radius 1 is 0.887 bits per heavy atom. The van der Waals surface area contributed by atoms with Crippen molar-refractivity contribution < 1.29 is 38.2 Å². The number of amides is 2. The van der Waals surface area contributed by atoms with Gasteiger partial charge in [-0.15, -0.1) is 34.7 Å². The van der Waals surface area contributed by atoms with Gasteiger partial charge in [0.25, 0.3) is 11.8 Å². The van der Waals surface area contributed by atoms with Gasteiger partial charge in [0.1, 0.15) is 46.3 Å². The summed E-state index contributed by atoms with van der Waals surface area (Å²) in [6.45, 7) is 4.52. The van der Waals surface area contributed by atoms with Crippen LogP contribution < -0.4 is 15.4 Å². The summed E-state index contributed by atoms with van der Waals surface area (Å²) in [5, 5.41) is 12.0. The number of nitrogens with zero attached hydrogens (tertiary/aromatic N) is 3. The Hall–Kier alpha value is -6.16. The summed E-state index contributed by atoms with van der Waals surface area (Å²) in [4.78, 5) is 65.8. The smallest absolute Gasteiger partial charge is 0.355 e. The molecule has 16 heteroatoms. The van der Waals surface area contributed by atoms with Gasteiger partial charge in [0.05, 0.1) is 7.11 Å². The third-order valence-electron chi connectivity index (χ3n) is 9.85. The van der Waals surface area contributed by atoms with Crippen LogP contribution in [0.5, 0.6) is 5.75 Å². The highest BCUT2D eigenvalue weighted by Crippen LogP contribution is 2.42. The highest BCUT2D eigenvalue weighted by atomic mass is 35.5. The van der Waals surface area contributed by atoms with Crippen LogP contribution in [-0.4, -0.2) is 81.7 Å². The first kappa shape index (κ1) is 43.9. The molecular formula is C46H44ClN5O8S2. The highest BCUT2D eigenvalue weighted by Gasteiger charge is 2.54. The topological polar surface area (TPSA) is 158 Å². The molecule has 2 aliphatic rings. The minimum Gasteiger partial charge on any atom is -0.497 e. The van der Waals surface area contributed by atoms with E-state index in [0.717, 1.165) is 22.3 Å². The quantitative estimate of drug-likeness (QED) is 0.0257. The molecule has 0 radical (unpaired) electrons. The van der Waals surface area contributed by atoms with Crippen LogP contribution in [0.15, 0.2) is 137 Å². The number of methoxy groups -OCH3 is 1. The first-order chi connectivity index (χ1) is 29.9. The third kappa shape index (κ3) is 9.65. The van der Waals surface area contributed by atoms with Crippen LogP contribution in [0.2, 0.25) is 0 Å². The molecule has 3 heterocycles. The number of carbonyl (C=O) groups is 4. The van der Waals surface area contributed by atoms with Crippen LogP contribution >= 0.6 is 34.7 Å². The average Bonchev–Trinajstić information content (AvgIpc) is 3.75. The number of fused-ring (bicyclic) bond motifs is 1. The number of nitrogens with one attached hydrogen (secondary N) is 2. The van der Waals surface area contributed by atoms with Gasteiger partial charge in [-0.05, 0) is 60.7 Å². The number of β-lactam (4-membered cyclic amide) rings is 1. The Labute approximate surface area is 372 Å². The van der Waals surface area contributed by atoms with E-state index in [9.17, 15) is 19.2 Å². The van der Waals surface area contributed by atoms with Crippen molar-refractivity contribution >= 4 is 69.3 Å². The normalized spacial score (nSPS) is 16.4. The number of thioether (sulfide) groups is 1. The number of aromatic nitrogens is 1. The van der Waals surface area contributed by atoms with E-state index in [4.69, 9.17) is 35.6 Å². The van der Waals surface area contributed by atoms with E-state index in [-0.39, 0.29) is 29.6 Å². The van der Waals surface area contributed by atoms with Crippen molar-refractivity contribution in [2.24, 2.45) is 5.16 Å². The fourth-order valence-corrected chi connectivity index (χ4v) is 9.46. The lowest BCUT2D eigenvalue weighted by molar-refractivity contribution is -0.160. The number of benzene rings is 4. The molecule has 2 unspecified atom stereocenters. The van der Waals surface area contributed by atoms with Gasteiger partial charge in [-0.3, -0.25) is 14.5 Å². The molecule has 62 heavy (non-hydrogen) atoms. The van der Waals surface area contributed by atoms with Gasteiger partial charge < -0.3 is 29.7 Å².